The molecule has 0 heterocycles. The molecule has 0 aliphatic carbocycles. The summed E-state index contributed by atoms with van der Waals surface area (Å²) in [6, 6.07) is 8.21. The van der Waals surface area contributed by atoms with Crippen LogP contribution in [0, 0.1) is 35.5 Å². The maximum Gasteiger partial charge on any atom is 0.192 e. The Morgan fingerprint density at radius 2 is 1.01 bits per heavy atom. The number of aliphatic hydroxyl groups is 1. The molecule has 7 nitrogen and oxygen atoms in total. The third-order valence-electron chi connectivity index (χ3n) is 17.8. The Bertz CT molecular complexity index is 1830. The Morgan fingerprint density at radius 3 is 1.48 bits per heavy atom. The van der Waals surface area contributed by atoms with E-state index < -0.39 is 33.3 Å². The van der Waals surface area contributed by atoms with Crippen molar-refractivity contribution in [3.63, 3.8) is 0 Å². The van der Waals surface area contributed by atoms with Crippen LogP contribution >= 0.6 is 0 Å². The van der Waals surface area contributed by atoms with Crippen LogP contribution in [0.2, 0.25) is 72.5 Å². The Morgan fingerprint density at radius 1 is 0.548 bits per heavy atom. The first kappa shape index (κ1) is 69.6. The lowest BCUT2D eigenvalue weighted by Gasteiger charge is -2.44. The molecule has 0 spiro atoms. The predicted octanol–water partition coefficient (Wildman–Crippen LogP) is 18.4. The standard InChI is InChI=1S/C62H118O7Si4/c1-29-30-32-48(4)58(65-45-52-36-39-53(64-20)40-37-52)51(7)55(67-71(23,24)60(11,12)13)41-34-46(2)43-50(6)57(69-73(27,28)62(17,18)19)49(5)35-38-54(66-70(21,22)59(8,9)10)44-56(47(3)33-31-42-63)68-72(25,26)61(14,15)16/h29-33,35-40,46-51,54-58,63H,1,34,41-45H2,2-28H3/b32-30-,33-31+,38-35-/t46-,47-,48-,49-,50+,51-,54+,55-,56-,57-,58-/m0/s1. The molecule has 11 atom stereocenters. The highest BCUT2D eigenvalue weighted by Gasteiger charge is 2.45. The molecule has 0 bridgehead atoms. The van der Waals surface area contributed by atoms with Crippen LogP contribution in [0.1, 0.15) is 156 Å². The lowest BCUT2D eigenvalue weighted by molar-refractivity contribution is -0.0551. The van der Waals surface area contributed by atoms with Gasteiger partial charge >= 0.3 is 0 Å². The number of benzene rings is 1. The molecule has 0 saturated heterocycles. The molecule has 0 aliphatic rings. The van der Waals surface area contributed by atoms with Gasteiger partial charge in [0.1, 0.15) is 5.75 Å². The third-order valence-corrected chi connectivity index (χ3v) is 35.8. The van der Waals surface area contributed by atoms with E-state index >= 15 is 0 Å². The van der Waals surface area contributed by atoms with Crippen molar-refractivity contribution in [1.82, 2.24) is 0 Å². The van der Waals surface area contributed by atoms with Gasteiger partial charge in [-0.2, -0.15) is 0 Å². The number of allylic oxidation sites excluding steroid dienone is 2. The van der Waals surface area contributed by atoms with Gasteiger partial charge in [-0.05, 0) is 133 Å². The van der Waals surface area contributed by atoms with Gasteiger partial charge in [0, 0.05) is 18.3 Å². The van der Waals surface area contributed by atoms with E-state index in [1.807, 2.05) is 24.3 Å². The Labute approximate surface area is 457 Å². The highest BCUT2D eigenvalue weighted by molar-refractivity contribution is 6.75. The summed E-state index contributed by atoms with van der Waals surface area (Å²) in [5, 5.41) is 10.0. The SMILES string of the molecule is C=C/C=C\[C@H](C)[C@H](OCc1ccc(OC)cc1)[C@@H](C)[C@H](CC[C@H](C)C[C@@H](C)[C@@H](O[Si](C)(C)C(C)(C)C)[C@@H](C)/C=C\[C@H](C[C@H](O[Si](C)(C)C(C)(C)C)[C@@H](C)/C=C/CO)O[Si](C)(C)C(C)(C)C)O[Si](C)(C)C(C)(C)C. The van der Waals surface area contributed by atoms with Crippen LogP contribution in [0.5, 0.6) is 5.75 Å². The predicted molar refractivity (Wildman–Crippen MR) is 328 cm³/mol. The lowest BCUT2D eigenvalue weighted by Crippen LogP contribution is -2.48. The number of hydrogen-bond donors (Lipinski definition) is 1. The van der Waals surface area contributed by atoms with Gasteiger partial charge in [-0.3, -0.25) is 0 Å². The molecule has 1 rings (SSSR count). The normalized spacial score (nSPS) is 18.8. The van der Waals surface area contributed by atoms with Crippen LogP contribution in [0.25, 0.3) is 0 Å². The third kappa shape index (κ3) is 22.5. The zero-order chi connectivity index (χ0) is 56.8. The van der Waals surface area contributed by atoms with E-state index in [2.05, 4.69) is 226 Å². The summed E-state index contributed by atoms with van der Waals surface area (Å²) in [6.07, 6.45) is 18.5. The van der Waals surface area contributed by atoms with Crippen molar-refractivity contribution in [1.29, 1.82) is 0 Å². The highest BCUT2D eigenvalue weighted by atomic mass is 28.4. The van der Waals surface area contributed by atoms with Gasteiger partial charge in [0.2, 0.25) is 0 Å². The molecule has 1 aromatic carbocycles. The van der Waals surface area contributed by atoms with E-state index in [-0.39, 0.29) is 81.0 Å². The van der Waals surface area contributed by atoms with Crippen molar-refractivity contribution < 1.29 is 32.3 Å². The molecule has 1 N–H and O–H groups in total. The second-order valence-electron chi connectivity index (χ2n) is 28.4. The summed E-state index contributed by atoms with van der Waals surface area (Å²) < 4.78 is 42.1. The monoisotopic (exact) mass is 1090 g/mol. The summed E-state index contributed by atoms with van der Waals surface area (Å²) in [5.74, 6) is 2.16. The van der Waals surface area contributed by atoms with Crippen molar-refractivity contribution >= 4 is 33.3 Å². The number of rotatable bonds is 31. The van der Waals surface area contributed by atoms with Gasteiger partial charge in [0.05, 0.1) is 50.8 Å². The van der Waals surface area contributed by atoms with Crippen LogP contribution < -0.4 is 4.74 Å². The zero-order valence-corrected chi connectivity index (χ0v) is 56.5. The quantitative estimate of drug-likeness (QED) is 0.0451. The lowest BCUT2D eigenvalue weighted by atomic mass is 9.82. The van der Waals surface area contributed by atoms with Crippen LogP contribution in [-0.4, -0.2) is 82.6 Å². The molecular weight excluding hydrogens is 969 g/mol. The van der Waals surface area contributed by atoms with Crippen molar-refractivity contribution in [2.45, 2.75) is 260 Å². The molecular formula is C62H118O7Si4. The Balaban J connectivity index is 3.78. The fraction of sp³-hybridized carbons (Fsp3) is 0.774. The van der Waals surface area contributed by atoms with Crippen LogP contribution in [0.15, 0.2) is 73.4 Å². The first-order valence-electron chi connectivity index (χ1n) is 28.3. The second kappa shape index (κ2) is 29.0. The Hall–Kier alpha value is -1.39. The van der Waals surface area contributed by atoms with Gasteiger partial charge in [0.15, 0.2) is 33.3 Å². The molecule has 0 aromatic heterocycles. The van der Waals surface area contributed by atoms with Gasteiger partial charge in [-0.15, -0.1) is 0 Å². The molecule has 0 saturated carbocycles. The summed E-state index contributed by atoms with van der Waals surface area (Å²) in [4.78, 5) is 0. The number of aliphatic hydroxyl groups excluding tert-OH is 1. The van der Waals surface area contributed by atoms with E-state index in [0.29, 0.717) is 18.4 Å². The Kier molecular flexibility index (Phi) is 27.7. The second-order valence-corrected chi connectivity index (χ2v) is 47.4. The summed E-state index contributed by atoms with van der Waals surface area (Å²) in [6.45, 7) is 65.6. The largest absolute Gasteiger partial charge is 0.497 e. The maximum absolute atomic E-state index is 9.80. The van der Waals surface area contributed by atoms with Gasteiger partial charge in [-0.1, -0.05) is 186 Å². The van der Waals surface area contributed by atoms with Crippen molar-refractivity contribution in [3.8, 4) is 5.75 Å². The molecule has 0 fully saturated rings. The van der Waals surface area contributed by atoms with Crippen LogP contribution in [0.3, 0.4) is 0 Å². The maximum atomic E-state index is 9.80. The summed E-state index contributed by atoms with van der Waals surface area (Å²) in [7, 11) is -6.98. The molecule has 0 unspecified atom stereocenters. The van der Waals surface area contributed by atoms with Gasteiger partial charge < -0.3 is 32.3 Å². The first-order valence-corrected chi connectivity index (χ1v) is 39.9. The average Bonchev–Trinajstić information content (AvgIpc) is 3.25. The minimum Gasteiger partial charge on any atom is -0.497 e. The molecule has 0 aliphatic heterocycles. The fourth-order valence-electron chi connectivity index (χ4n) is 8.53. The topological polar surface area (TPSA) is 75.6 Å². The number of methoxy groups -OCH3 is 1. The van der Waals surface area contributed by atoms with Gasteiger partial charge in [-0.25, -0.2) is 0 Å². The molecule has 0 radical (unpaired) electrons. The molecule has 11 heteroatoms. The van der Waals surface area contributed by atoms with E-state index in [4.69, 9.17) is 27.2 Å². The number of ether oxygens (including phenoxy) is 2. The first-order chi connectivity index (χ1) is 33.1. The molecule has 424 valence electrons. The van der Waals surface area contributed by atoms with Gasteiger partial charge in [0.25, 0.3) is 0 Å². The average molecular weight is 1090 g/mol. The smallest absolute Gasteiger partial charge is 0.192 e. The minimum atomic E-state index is -2.20. The van der Waals surface area contributed by atoms with Crippen molar-refractivity contribution in [2.75, 3.05) is 13.7 Å². The summed E-state index contributed by atoms with van der Waals surface area (Å²) in [5.41, 5.74) is 1.13. The van der Waals surface area contributed by atoms with E-state index in [1.54, 1.807) is 7.11 Å². The van der Waals surface area contributed by atoms with Crippen molar-refractivity contribution in [3.05, 3.63) is 78.9 Å². The van der Waals surface area contributed by atoms with Crippen LogP contribution in [-0.2, 0) is 29.0 Å². The molecule has 0 amide bonds. The number of hydrogen-bond acceptors (Lipinski definition) is 7. The van der Waals surface area contributed by atoms with E-state index in [1.165, 1.54) is 0 Å². The van der Waals surface area contributed by atoms with Crippen LogP contribution in [0.4, 0.5) is 0 Å². The minimum absolute atomic E-state index is 0.0181. The highest BCUT2D eigenvalue weighted by Crippen LogP contribution is 2.44. The fourth-order valence-corrected chi connectivity index (χ4v) is 14.2. The summed E-state index contributed by atoms with van der Waals surface area (Å²) >= 11 is 0. The zero-order valence-electron chi connectivity index (χ0n) is 52.5. The van der Waals surface area contributed by atoms with E-state index in [0.717, 1.165) is 37.0 Å². The van der Waals surface area contributed by atoms with E-state index in [9.17, 15) is 5.11 Å². The molecule has 1 aromatic rings. The molecule has 73 heavy (non-hydrogen) atoms. The van der Waals surface area contributed by atoms with Crippen molar-refractivity contribution in [2.24, 2.45) is 35.5 Å².